The predicted molar refractivity (Wildman–Crippen MR) is 75.5 cm³/mol. The first-order valence-corrected chi connectivity index (χ1v) is 6.99. The molecule has 1 saturated heterocycles. The molecule has 1 fully saturated rings. The van der Waals surface area contributed by atoms with Crippen molar-refractivity contribution in [3.8, 4) is 0 Å². The second kappa shape index (κ2) is 6.36. The molecule has 0 amide bonds. The summed E-state index contributed by atoms with van der Waals surface area (Å²) in [5, 5.41) is 0. The van der Waals surface area contributed by atoms with Gasteiger partial charge in [-0.25, -0.2) is 0 Å². The number of nitrogens with two attached hydrogens (primary N) is 1. The largest absolute Gasteiger partial charge is 0.357 e. The number of aryl methyl sites for hydroxylation is 1. The van der Waals surface area contributed by atoms with Crippen LogP contribution in [0, 0.1) is 0 Å². The van der Waals surface area contributed by atoms with Gasteiger partial charge in [-0.15, -0.1) is 0 Å². The second-order valence-electron chi connectivity index (χ2n) is 5.31. The first-order valence-electron chi connectivity index (χ1n) is 6.99. The molecule has 18 heavy (non-hydrogen) atoms. The lowest BCUT2D eigenvalue weighted by Gasteiger charge is -2.38. The van der Waals surface area contributed by atoms with Crippen LogP contribution in [0.15, 0.2) is 18.5 Å². The van der Waals surface area contributed by atoms with Crippen molar-refractivity contribution in [3.63, 3.8) is 0 Å². The van der Waals surface area contributed by atoms with E-state index >= 15 is 0 Å². The summed E-state index contributed by atoms with van der Waals surface area (Å²) in [7, 11) is 2.08. The Morgan fingerprint density at radius 3 is 2.56 bits per heavy atom. The number of piperazine rings is 1. The molecule has 1 atom stereocenters. The highest BCUT2D eigenvalue weighted by atomic mass is 15.3. The topological polar surface area (TPSA) is 37.4 Å². The maximum absolute atomic E-state index is 5.56. The van der Waals surface area contributed by atoms with E-state index in [1.54, 1.807) is 0 Å². The highest BCUT2D eigenvalue weighted by Crippen LogP contribution is 2.21. The fraction of sp³-hybridized carbons (Fsp3) is 0.714. The van der Waals surface area contributed by atoms with Crippen LogP contribution in [0.3, 0.4) is 0 Å². The van der Waals surface area contributed by atoms with Crippen LogP contribution < -0.4 is 5.73 Å². The van der Waals surface area contributed by atoms with Crippen molar-refractivity contribution in [3.05, 3.63) is 24.0 Å². The van der Waals surface area contributed by atoms with Gasteiger partial charge in [0.05, 0.1) is 0 Å². The van der Waals surface area contributed by atoms with Crippen LogP contribution in [0.4, 0.5) is 0 Å². The molecule has 102 valence electrons. The van der Waals surface area contributed by atoms with Crippen LogP contribution in [0.1, 0.15) is 24.9 Å². The SMILES string of the molecule is CC(c1ccn(C)c1)N1CCN(CCCN)CC1. The van der Waals surface area contributed by atoms with Gasteiger partial charge in [-0.3, -0.25) is 4.90 Å². The molecule has 1 aromatic heterocycles. The molecule has 1 unspecified atom stereocenters. The molecule has 1 aliphatic heterocycles. The van der Waals surface area contributed by atoms with Gasteiger partial charge in [-0.2, -0.15) is 0 Å². The fourth-order valence-corrected chi connectivity index (χ4v) is 2.67. The molecule has 1 aromatic rings. The minimum Gasteiger partial charge on any atom is -0.357 e. The maximum Gasteiger partial charge on any atom is 0.0335 e. The minimum absolute atomic E-state index is 0.530. The van der Waals surface area contributed by atoms with Crippen molar-refractivity contribution in [1.29, 1.82) is 0 Å². The highest BCUT2D eigenvalue weighted by Gasteiger charge is 2.21. The van der Waals surface area contributed by atoms with Crippen molar-refractivity contribution in [2.45, 2.75) is 19.4 Å². The maximum atomic E-state index is 5.56. The summed E-state index contributed by atoms with van der Waals surface area (Å²) >= 11 is 0. The quantitative estimate of drug-likeness (QED) is 0.849. The zero-order valence-electron chi connectivity index (χ0n) is 11.7. The fourth-order valence-electron chi connectivity index (χ4n) is 2.67. The average Bonchev–Trinajstić information content (AvgIpc) is 2.83. The first kappa shape index (κ1) is 13.6. The number of hydrogen-bond donors (Lipinski definition) is 1. The summed E-state index contributed by atoms with van der Waals surface area (Å²) < 4.78 is 2.13. The second-order valence-corrected chi connectivity index (χ2v) is 5.31. The first-order chi connectivity index (χ1) is 8.70. The van der Waals surface area contributed by atoms with Gasteiger partial charge in [-0.1, -0.05) is 0 Å². The Bertz CT molecular complexity index is 352. The summed E-state index contributed by atoms with van der Waals surface area (Å²) in [6.45, 7) is 8.96. The number of rotatable bonds is 5. The highest BCUT2D eigenvalue weighted by molar-refractivity contribution is 5.14. The van der Waals surface area contributed by atoms with E-state index in [4.69, 9.17) is 5.73 Å². The molecule has 0 aliphatic carbocycles. The van der Waals surface area contributed by atoms with Gasteiger partial charge in [0.1, 0.15) is 0 Å². The molecule has 0 bridgehead atoms. The molecule has 2 rings (SSSR count). The van der Waals surface area contributed by atoms with Gasteiger partial charge >= 0.3 is 0 Å². The normalized spacial score (nSPS) is 20.2. The molecule has 4 nitrogen and oxygen atoms in total. The zero-order valence-corrected chi connectivity index (χ0v) is 11.7. The van der Waals surface area contributed by atoms with E-state index in [2.05, 4.69) is 46.8 Å². The van der Waals surface area contributed by atoms with Crippen LogP contribution in [-0.4, -0.2) is 53.6 Å². The van der Waals surface area contributed by atoms with Crippen LogP contribution in [0.25, 0.3) is 0 Å². The van der Waals surface area contributed by atoms with Crippen molar-refractivity contribution in [1.82, 2.24) is 14.4 Å². The van der Waals surface area contributed by atoms with E-state index in [1.807, 2.05) is 0 Å². The van der Waals surface area contributed by atoms with E-state index in [1.165, 1.54) is 31.7 Å². The van der Waals surface area contributed by atoms with Gasteiger partial charge in [0.15, 0.2) is 0 Å². The average molecular weight is 250 g/mol. The van der Waals surface area contributed by atoms with Crippen LogP contribution in [0.5, 0.6) is 0 Å². The Labute approximate surface area is 110 Å². The summed E-state index contributed by atoms with van der Waals surface area (Å²) in [6, 6.07) is 2.76. The van der Waals surface area contributed by atoms with E-state index in [0.717, 1.165) is 19.5 Å². The Kier molecular flexibility index (Phi) is 4.80. The Morgan fingerprint density at radius 2 is 2.00 bits per heavy atom. The van der Waals surface area contributed by atoms with Crippen molar-refractivity contribution in [2.24, 2.45) is 12.8 Å². The molecular formula is C14H26N4. The number of aromatic nitrogens is 1. The summed E-state index contributed by atoms with van der Waals surface area (Å²) in [4.78, 5) is 5.11. The minimum atomic E-state index is 0.530. The Hall–Kier alpha value is -0.840. The molecule has 0 radical (unpaired) electrons. The summed E-state index contributed by atoms with van der Waals surface area (Å²) in [5.41, 5.74) is 6.98. The molecule has 2 N–H and O–H groups in total. The van der Waals surface area contributed by atoms with Crippen molar-refractivity contribution >= 4 is 0 Å². The standard InChI is InChI=1S/C14H26N4/c1-13(14-4-7-16(2)12-14)18-10-8-17(9-11-18)6-3-5-15/h4,7,12-13H,3,5-6,8-11,15H2,1-2H3. The molecule has 2 heterocycles. The van der Waals surface area contributed by atoms with Gasteiger partial charge in [0, 0.05) is 51.7 Å². The lowest BCUT2D eigenvalue weighted by atomic mass is 10.1. The van der Waals surface area contributed by atoms with E-state index < -0.39 is 0 Å². The van der Waals surface area contributed by atoms with Crippen molar-refractivity contribution in [2.75, 3.05) is 39.3 Å². The smallest absolute Gasteiger partial charge is 0.0335 e. The molecule has 0 saturated carbocycles. The number of nitrogens with zero attached hydrogens (tertiary/aromatic N) is 3. The van der Waals surface area contributed by atoms with E-state index in [-0.39, 0.29) is 0 Å². The molecular weight excluding hydrogens is 224 g/mol. The third kappa shape index (κ3) is 3.34. The third-order valence-electron chi connectivity index (χ3n) is 3.97. The molecule has 1 aliphatic rings. The zero-order chi connectivity index (χ0) is 13.0. The van der Waals surface area contributed by atoms with Crippen molar-refractivity contribution < 1.29 is 0 Å². The van der Waals surface area contributed by atoms with E-state index in [0.29, 0.717) is 6.04 Å². The van der Waals surface area contributed by atoms with Gasteiger partial charge in [0.2, 0.25) is 0 Å². The Morgan fingerprint density at radius 1 is 1.28 bits per heavy atom. The molecule has 0 aromatic carbocycles. The molecule has 4 heteroatoms. The number of hydrogen-bond acceptors (Lipinski definition) is 3. The Balaban J connectivity index is 1.82. The van der Waals surface area contributed by atoms with Crippen LogP contribution >= 0.6 is 0 Å². The monoisotopic (exact) mass is 250 g/mol. The van der Waals surface area contributed by atoms with Gasteiger partial charge < -0.3 is 15.2 Å². The summed E-state index contributed by atoms with van der Waals surface area (Å²) in [5.74, 6) is 0. The molecule has 0 spiro atoms. The lowest BCUT2D eigenvalue weighted by molar-refractivity contribution is 0.102. The third-order valence-corrected chi connectivity index (χ3v) is 3.97. The lowest BCUT2D eigenvalue weighted by Crippen LogP contribution is -2.47. The van der Waals surface area contributed by atoms with E-state index in [9.17, 15) is 0 Å². The predicted octanol–water partition coefficient (Wildman–Crippen LogP) is 1.05. The van der Waals surface area contributed by atoms with Crippen LogP contribution in [-0.2, 0) is 7.05 Å². The summed E-state index contributed by atoms with van der Waals surface area (Å²) in [6.07, 6.45) is 5.48. The van der Waals surface area contributed by atoms with Gasteiger partial charge in [-0.05, 0) is 38.1 Å². The van der Waals surface area contributed by atoms with Crippen LogP contribution in [0.2, 0.25) is 0 Å². The van der Waals surface area contributed by atoms with Gasteiger partial charge in [0.25, 0.3) is 0 Å².